The Bertz CT molecular complexity index is 423. The molecule has 0 aliphatic heterocycles. The zero-order chi connectivity index (χ0) is 15.0. The molecule has 0 aromatic heterocycles. The van der Waals surface area contributed by atoms with Gasteiger partial charge in [-0.1, -0.05) is 44.9 Å². The molecule has 0 amide bonds. The van der Waals surface area contributed by atoms with Crippen LogP contribution >= 0.6 is 0 Å². The van der Waals surface area contributed by atoms with Crippen molar-refractivity contribution in [1.29, 1.82) is 0 Å². The fourth-order valence-corrected chi connectivity index (χ4v) is 2.57. The molecule has 2 nitrogen and oxygen atoms in total. The number of aryl methyl sites for hydroxylation is 3. The summed E-state index contributed by atoms with van der Waals surface area (Å²) >= 11 is 0. The van der Waals surface area contributed by atoms with E-state index < -0.39 is 0 Å². The number of carbonyl (C=O) groups excluding carboxylic acids is 1. The van der Waals surface area contributed by atoms with Gasteiger partial charge in [-0.15, -0.1) is 0 Å². The van der Waals surface area contributed by atoms with E-state index in [0.29, 0.717) is 18.7 Å². The highest BCUT2D eigenvalue weighted by atomic mass is 16.1. The highest BCUT2D eigenvalue weighted by Gasteiger charge is 2.07. The first-order chi connectivity index (χ1) is 9.56. The minimum atomic E-state index is 0.324. The lowest BCUT2D eigenvalue weighted by Gasteiger charge is -2.11. The Labute approximate surface area is 124 Å². The van der Waals surface area contributed by atoms with Crippen LogP contribution < -0.4 is 0 Å². The van der Waals surface area contributed by atoms with Crippen LogP contribution in [0, 0.1) is 0 Å². The zero-order valence-electron chi connectivity index (χ0n) is 13.5. The Morgan fingerprint density at radius 1 is 1.00 bits per heavy atom. The van der Waals surface area contributed by atoms with Gasteiger partial charge in [0.05, 0.1) is 6.54 Å². The number of likely N-dealkylation sites (N-methyl/N-ethyl adjacent to an activating group) is 1. The number of hydrogen-bond donors (Lipinski definition) is 0. The third kappa shape index (κ3) is 5.87. The van der Waals surface area contributed by atoms with Crippen molar-refractivity contribution in [2.24, 2.45) is 0 Å². The molecular weight excluding hydrogens is 246 g/mol. The molecule has 0 aliphatic carbocycles. The van der Waals surface area contributed by atoms with Gasteiger partial charge in [0, 0.05) is 6.42 Å². The Hall–Kier alpha value is -1.15. The molecule has 0 fully saturated rings. The second kappa shape index (κ2) is 8.91. The molecule has 0 bridgehead atoms. The lowest BCUT2D eigenvalue weighted by molar-refractivity contribution is -0.119. The molecule has 0 aliphatic rings. The van der Waals surface area contributed by atoms with Crippen molar-refractivity contribution in [3.63, 3.8) is 0 Å². The minimum absolute atomic E-state index is 0.324. The summed E-state index contributed by atoms with van der Waals surface area (Å²) in [5, 5.41) is 0. The summed E-state index contributed by atoms with van der Waals surface area (Å²) in [4.78, 5) is 13.7. The largest absolute Gasteiger partial charge is 0.302 e. The van der Waals surface area contributed by atoms with E-state index in [1.807, 2.05) is 19.0 Å². The summed E-state index contributed by atoms with van der Waals surface area (Å²) in [6, 6.07) is 6.78. The number of hydrogen-bond acceptors (Lipinski definition) is 2. The summed E-state index contributed by atoms with van der Waals surface area (Å²) in [5.41, 5.74) is 4.27. The van der Waals surface area contributed by atoms with E-state index in [0.717, 1.165) is 19.3 Å². The van der Waals surface area contributed by atoms with E-state index in [-0.39, 0.29) is 0 Å². The van der Waals surface area contributed by atoms with Gasteiger partial charge in [0.25, 0.3) is 0 Å². The second-order valence-electron chi connectivity index (χ2n) is 5.88. The topological polar surface area (TPSA) is 20.3 Å². The van der Waals surface area contributed by atoms with Gasteiger partial charge in [-0.3, -0.25) is 4.79 Å². The third-order valence-corrected chi connectivity index (χ3v) is 3.49. The van der Waals surface area contributed by atoms with E-state index >= 15 is 0 Å². The molecule has 112 valence electrons. The van der Waals surface area contributed by atoms with Crippen LogP contribution in [0.5, 0.6) is 0 Å². The normalized spacial score (nSPS) is 11.1. The van der Waals surface area contributed by atoms with Crippen molar-refractivity contribution in [3.8, 4) is 0 Å². The summed E-state index contributed by atoms with van der Waals surface area (Å²) in [6.45, 7) is 5.00. The average Bonchev–Trinajstić information content (AvgIpc) is 2.39. The molecule has 0 saturated heterocycles. The van der Waals surface area contributed by atoms with Crippen molar-refractivity contribution in [2.45, 2.75) is 52.4 Å². The Morgan fingerprint density at radius 3 is 2.25 bits per heavy atom. The fraction of sp³-hybridized carbons (Fsp3) is 0.611. The predicted octanol–water partition coefficient (Wildman–Crippen LogP) is 3.65. The minimum Gasteiger partial charge on any atom is -0.302 e. The van der Waals surface area contributed by atoms with Gasteiger partial charge in [0.2, 0.25) is 0 Å². The number of carbonyl (C=O) groups is 1. The zero-order valence-corrected chi connectivity index (χ0v) is 13.5. The molecule has 1 rings (SSSR count). The van der Waals surface area contributed by atoms with Gasteiger partial charge in [0.1, 0.15) is 5.78 Å². The molecule has 0 N–H and O–H groups in total. The fourth-order valence-electron chi connectivity index (χ4n) is 2.57. The number of rotatable bonds is 9. The standard InChI is InChI=1S/C18H29NO/c1-5-7-16-11-9-15(13-17(16)8-6-2)10-12-18(20)14-19(3)4/h9,11,13H,5-8,10,12,14H2,1-4H3. The quantitative estimate of drug-likeness (QED) is 0.685. The Kier molecular flexibility index (Phi) is 7.53. The lowest BCUT2D eigenvalue weighted by atomic mass is 9.95. The lowest BCUT2D eigenvalue weighted by Crippen LogP contribution is -2.21. The van der Waals surface area contributed by atoms with Crippen LogP contribution in [-0.4, -0.2) is 31.3 Å². The highest BCUT2D eigenvalue weighted by molar-refractivity contribution is 5.80. The summed E-state index contributed by atoms with van der Waals surface area (Å²) in [5.74, 6) is 0.324. The predicted molar refractivity (Wildman–Crippen MR) is 86.3 cm³/mol. The molecule has 2 heteroatoms. The highest BCUT2D eigenvalue weighted by Crippen LogP contribution is 2.17. The smallest absolute Gasteiger partial charge is 0.147 e. The van der Waals surface area contributed by atoms with Gasteiger partial charge in [0.15, 0.2) is 0 Å². The van der Waals surface area contributed by atoms with Gasteiger partial charge >= 0.3 is 0 Å². The molecule has 0 spiro atoms. The van der Waals surface area contributed by atoms with Crippen LogP contribution in [0.2, 0.25) is 0 Å². The van der Waals surface area contributed by atoms with Gasteiger partial charge in [-0.25, -0.2) is 0 Å². The van der Waals surface area contributed by atoms with E-state index in [1.54, 1.807) is 0 Å². The number of ketones is 1. The number of nitrogens with zero attached hydrogens (tertiary/aromatic N) is 1. The molecular formula is C18H29NO. The van der Waals surface area contributed by atoms with Crippen molar-refractivity contribution < 1.29 is 4.79 Å². The van der Waals surface area contributed by atoms with Crippen molar-refractivity contribution >= 4 is 5.78 Å². The molecule has 20 heavy (non-hydrogen) atoms. The molecule has 1 aromatic carbocycles. The van der Waals surface area contributed by atoms with Gasteiger partial charge in [-0.2, -0.15) is 0 Å². The van der Waals surface area contributed by atoms with Crippen LogP contribution in [0.15, 0.2) is 18.2 Å². The maximum Gasteiger partial charge on any atom is 0.147 e. The molecule has 0 heterocycles. The van der Waals surface area contributed by atoms with E-state index in [1.165, 1.54) is 29.5 Å². The first-order valence-electron chi connectivity index (χ1n) is 7.83. The van der Waals surface area contributed by atoms with Crippen molar-refractivity contribution in [2.75, 3.05) is 20.6 Å². The molecule has 0 saturated carbocycles. The Morgan fingerprint density at radius 2 is 1.65 bits per heavy atom. The third-order valence-electron chi connectivity index (χ3n) is 3.49. The number of Topliss-reactive ketones (excluding diaryl/α,β-unsaturated/α-hetero) is 1. The van der Waals surface area contributed by atoms with Crippen LogP contribution in [0.1, 0.15) is 49.8 Å². The second-order valence-corrected chi connectivity index (χ2v) is 5.88. The monoisotopic (exact) mass is 275 g/mol. The van der Waals surface area contributed by atoms with Crippen LogP contribution in [0.3, 0.4) is 0 Å². The van der Waals surface area contributed by atoms with E-state index in [2.05, 4.69) is 32.0 Å². The molecule has 0 atom stereocenters. The van der Waals surface area contributed by atoms with Crippen LogP contribution in [0.4, 0.5) is 0 Å². The first kappa shape index (κ1) is 16.9. The summed E-state index contributed by atoms with van der Waals surface area (Å²) < 4.78 is 0. The van der Waals surface area contributed by atoms with Crippen molar-refractivity contribution in [1.82, 2.24) is 4.90 Å². The van der Waals surface area contributed by atoms with Gasteiger partial charge in [-0.05, 0) is 50.0 Å². The molecule has 0 unspecified atom stereocenters. The van der Waals surface area contributed by atoms with E-state index in [9.17, 15) is 4.79 Å². The first-order valence-corrected chi connectivity index (χ1v) is 7.83. The van der Waals surface area contributed by atoms with Crippen LogP contribution in [-0.2, 0) is 24.1 Å². The number of benzene rings is 1. The Balaban J connectivity index is 2.66. The summed E-state index contributed by atoms with van der Waals surface area (Å²) in [6.07, 6.45) is 6.20. The van der Waals surface area contributed by atoms with Crippen LogP contribution in [0.25, 0.3) is 0 Å². The average molecular weight is 275 g/mol. The SMILES string of the molecule is CCCc1ccc(CCC(=O)CN(C)C)cc1CCC. The molecule has 0 radical (unpaired) electrons. The maximum atomic E-state index is 11.8. The molecule has 1 aromatic rings. The van der Waals surface area contributed by atoms with E-state index in [4.69, 9.17) is 0 Å². The van der Waals surface area contributed by atoms with Gasteiger partial charge < -0.3 is 4.90 Å². The summed E-state index contributed by atoms with van der Waals surface area (Å²) in [7, 11) is 3.88. The van der Waals surface area contributed by atoms with Crippen molar-refractivity contribution in [3.05, 3.63) is 34.9 Å². The maximum absolute atomic E-state index is 11.8.